The van der Waals surface area contributed by atoms with Gasteiger partial charge in [0.1, 0.15) is 11.4 Å². The van der Waals surface area contributed by atoms with Crippen LogP contribution in [0.25, 0.3) is 0 Å². The first-order valence-electron chi connectivity index (χ1n) is 6.91. The van der Waals surface area contributed by atoms with Gasteiger partial charge in [-0.25, -0.2) is 4.68 Å². The number of rotatable bonds is 6. The van der Waals surface area contributed by atoms with E-state index in [1.165, 1.54) is 12.8 Å². The van der Waals surface area contributed by atoms with Crippen LogP contribution in [0.15, 0.2) is 36.5 Å². The van der Waals surface area contributed by atoms with Gasteiger partial charge in [0.05, 0.1) is 5.02 Å². The minimum absolute atomic E-state index is 0.140. The lowest BCUT2D eigenvalue weighted by molar-refractivity contribution is 0.0944. The van der Waals surface area contributed by atoms with E-state index >= 15 is 0 Å². The third-order valence-electron chi connectivity index (χ3n) is 3.31. The fourth-order valence-corrected chi connectivity index (χ4v) is 2.09. The Morgan fingerprint density at radius 2 is 2.19 bits per heavy atom. The quantitative estimate of drug-likeness (QED) is 0.893. The average Bonchev–Trinajstić information content (AvgIpc) is 3.20. The van der Waals surface area contributed by atoms with Crippen LogP contribution in [0.5, 0.6) is 5.75 Å². The van der Waals surface area contributed by atoms with E-state index in [9.17, 15) is 4.79 Å². The van der Waals surface area contributed by atoms with Gasteiger partial charge in [0, 0.05) is 12.7 Å². The van der Waals surface area contributed by atoms with E-state index in [0.717, 1.165) is 6.54 Å². The Hall–Kier alpha value is -2.01. The summed E-state index contributed by atoms with van der Waals surface area (Å²) in [5, 5.41) is 7.62. The summed E-state index contributed by atoms with van der Waals surface area (Å²) in [5.41, 5.74) is 0.401. The Kier molecular flexibility index (Phi) is 4.10. The van der Waals surface area contributed by atoms with Crippen molar-refractivity contribution in [3.05, 3.63) is 47.2 Å². The van der Waals surface area contributed by atoms with Crippen molar-refractivity contribution < 1.29 is 9.53 Å². The van der Waals surface area contributed by atoms with Crippen LogP contribution in [0, 0.1) is 5.92 Å². The lowest BCUT2D eigenvalue weighted by atomic mass is 10.3. The summed E-state index contributed by atoms with van der Waals surface area (Å²) in [5.74, 6) is 1.10. The molecule has 2 aromatic rings. The number of nitrogens with one attached hydrogen (secondary N) is 1. The number of para-hydroxylation sites is 1. The number of carbonyl (C=O) groups excluding carboxylic acids is 1. The number of hydrogen-bond acceptors (Lipinski definition) is 3. The van der Waals surface area contributed by atoms with Gasteiger partial charge in [-0.15, -0.1) is 0 Å². The van der Waals surface area contributed by atoms with Gasteiger partial charge in [-0.1, -0.05) is 23.7 Å². The zero-order valence-corrected chi connectivity index (χ0v) is 12.2. The Morgan fingerprint density at radius 1 is 1.38 bits per heavy atom. The maximum absolute atomic E-state index is 11.9. The second-order valence-electron chi connectivity index (χ2n) is 5.10. The second kappa shape index (κ2) is 6.18. The molecule has 110 valence electrons. The molecule has 0 radical (unpaired) electrons. The van der Waals surface area contributed by atoms with Crippen LogP contribution < -0.4 is 10.1 Å². The van der Waals surface area contributed by atoms with Crippen molar-refractivity contribution in [1.29, 1.82) is 0 Å². The predicted molar refractivity (Wildman–Crippen MR) is 79.4 cm³/mol. The van der Waals surface area contributed by atoms with Gasteiger partial charge in [0.25, 0.3) is 5.91 Å². The number of carbonyl (C=O) groups is 1. The molecule has 0 atom stereocenters. The first kappa shape index (κ1) is 13.9. The molecule has 6 heteroatoms. The van der Waals surface area contributed by atoms with Crippen molar-refractivity contribution in [1.82, 2.24) is 15.1 Å². The molecule has 1 fully saturated rings. The predicted octanol–water partition coefficient (Wildman–Crippen LogP) is 2.71. The van der Waals surface area contributed by atoms with Crippen LogP contribution in [0.3, 0.4) is 0 Å². The van der Waals surface area contributed by atoms with Crippen molar-refractivity contribution in [2.24, 2.45) is 5.92 Å². The smallest absolute Gasteiger partial charge is 0.271 e. The van der Waals surface area contributed by atoms with Crippen LogP contribution in [-0.4, -0.2) is 22.2 Å². The highest BCUT2D eigenvalue weighted by Crippen LogP contribution is 2.27. The molecule has 21 heavy (non-hydrogen) atoms. The highest BCUT2D eigenvalue weighted by Gasteiger charge is 2.22. The topological polar surface area (TPSA) is 56.2 Å². The SMILES string of the molecule is O=C(NCC1CC1)c1ccn(COc2ccccc2Cl)n1. The van der Waals surface area contributed by atoms with Crippen LogP contribution in [-0.2, 0) is 6.73 Å². The highest BCUT2D eigenvalue weighted by molar-refractivity contribution is 6.32. The van der Waals surface area contributed by atoms with E-state index in [1.54, 1.807) is 29.1 Å². The van der Waals surface area contributed by atoms with Gasteiger partial charge in [0.2, 0.25) is 0 Å². The van der Waals surface area contributed by atoms with Gasteiger partial charge in [-0.2, -0.15) is 5.10 Å². The van der Waals surface area contributed by atoms with Crippen LogP contribution in [0.2, 0.25) is 5.02 Å². The molecule has 1 aromatic heterocycles. The van der Waals surface area contributed by atoms with Gasteiger partial charge in [0.15, 0.2) is 6.73 Å². The Labute approximate surface area is 127 Å². The Bertz CT molecular complexity index is 637. The van der Waals surface area contributed by atoms with Gasteiger partial charge >= 0.3 is 0 Å². The van der Waals surface area contributed by atoms with E-state index in [-0.39, 0.29) is 12.6 Å². The number of hydrogen-bond donors (Lipinski definition) is 1. The Balaban J connectivity index is 1.54. The molecule has 1 aromatic carbocycles. The van der Waals surface area contributed by atoms with Crippen molar-refractivity contribution >= 4 is 17.5 Å². The largest absolute Gasteiger partial charge is 0.470 e. The molecule has 0 unspecified atom stereocenters. The number of aromatic nitrogens is 2. The molecule has 3 rings (SSSR count). The molecular formula is C15H16ClN3O2. The number of nitrogens with zero attached hydrogens (tertiary/aromatic N) is 2. The van der Waals surface area contributed by atoms with Crippen LogP contribution in [0.4, 0.5) is 0 Å². The zero-order chi connectivity index (χ0) is 14.7. The number of ether oxygens (including phenoxy) is 1. The summed E-state index contributed by atoms with van der Waals surface area (Å²) in [6.45, 7) is 0.946. The van der Waals surface area contributed by atoms with E-state index < -0.39 is 0 Å². The molecule has 1 heterocycles. The lowest BCUT2D eigenvalue weighted by Crippen LogP contribution is -2.26. The highest BCUT2D eigenvalue weighted by atomic mass is 35.5. The van der Waals surface area contributed by atoms with Crippen LogP contribution >= 0.6 is 11.6 Å². The monoisotopic (exact) mass is 305 g/mol. The maximum atomic E-state index is 11.9. The summed E-state index contributed by atoms with van der Waals surface area (Å²) >= 11 is 6.00. The second-order valence-corrected chi connectivity index (χ2v) is 5.50. The lowest BCUT2D eigenvalue weighted by Gasteiger charge is -2.07. The van der Waals surface area contributed by atoms with E-state index in [1.807, 2.05) is 12.1 Å². The summed E-state index contributed by atoms with van der Waals surface area (Å²) in [4.78, 5) is 11.9. The first-order valence-corrected chi connectivity index (χ1v) is 7.29. The fraction of sp³-hybridized carbons (Fsp3) is 0.333. The normalized spacial score (nSPS) is 14.0. The standard InChI is InChI=1S/C15H16ClN3O2/c16-12-3-1-2-4-14(12)21-10-19-8-7-13(18-19)15(20)17-9-11-5-6-11/h1-4,7-8,11H,5-6,9-10H2,(H,17,20). The van der Waals surface area contributed by atoms with Crippen molar-refractivity contribution in [3.8, 4) is 5.75 Å². The molecule has 1 aliphatic carbocycles. The molecule has 0 saturated heterocycles. The molecule has 1 amide bonds. The third kappa shape index (κ3) is 3.76. The summed E-state index contributed by atoms with van der Waals surface area (Å²) < 4.78 is 7.13. The first-order chi connectivity index (χ1) is 10.2. The molecule has 0 aliphatic heterocycles. The summed E-state index contributed by atoms with van der Waals surface area (Å²) in [6, 6.07) is 8.91. The minimum Gasteiger partial charge on any atom is -0.470 e. The van der Waals surface area contributed by atoms with Crippen molar-refractivity contribution in [3.63, 3.8) is 0 Å². The third-order valence-corrected chi connectivity index (χ3v) is 3.62. The van der Waals surface area contributed by atoms with Gasteiger partial charge < -0.3 is 10.1 Å². The fourth-order valence-electron chi connectivity index (χ4n) is 1.90. The van der Waals surface area contributed by atoms with E-state index in [2.05, 4.69) is 10.4 Å². The molecule has 1 N–H and O–H groups in total. The van der Waals surface area contributed by atoms with Crippen LogP contribution in [0.1, 0.15) is 23.3 Å². The Morgan fingerprint density at radius 3 is 2.95 bits per heavy atom. The zero-order valence-electron chi connectivity index (χ0n) is 11.5. The molecule has 1 aliphatic rings. The van der Waals surface area contributed by atoms with Crippen molar-refractivity contribution in [2.75, 3.05) is 6.54 Å². The number of halogens is 1. The van der Waals surface area contributed by atoms with E-state index in [0.29, 0.717) is 22.4 Å². The molecule has 0 bridgehead atoms. The number of amides is 1. The van der Waals surface area contributed by atoms with Gasteiger partial charge in [-0.3, -0.25) is 4.79 Å². The maximum Gasteiger partial charge on any atom is 0.271 e. The summed E-state index contributed by atoms with van der Waals surface area (Å²) in [6.07, 6.45) is 4.13. The average molecular weight is 306 g/mol. The molecule has 1 saturated carbocycles. The molecule has 0 spiro atoms. The van der Waals surface area contributed by atoms with Crippen molar-refractivity contribution in [2.45, 2.75) is 19.6 Å². The number of benzene rings is 1. The molecule has 5 nitrogen and oxygen atoms in total. The van der Waals surface area contributed by atoms with E-state index in [4.69, 9.17) is 16.3 Å². The minimum atomic E-state index is -0.140. The van der Waals surface area contributed by atoms with Gasteiger partial charge in [-0.05, 0) is 37.0 Å². The summed E-state index contributed by atoms with van der Waals surface area (Å²) in [7, 11) is 0. The molecular weight excluding hydrogens is 290 g/mol.